The molecule has 3 heteroatoms. The van der Waals surface area contributed by atoms with Crippen LogP contribution in [0.4, 0.5) is 0 Å². The Morgan fingerprint density at radius 3 is 2.14 bits per heavy atom. The fourth-order valence-corrected chi connectivity index (χ4v) is 2.25. The van der Waals surface area contributed by atoms with Gasteiger partial charge in [-0.1, -0.05) is 39.4 Å². The number of ether oxygens (including phenoxy) is 2. The fourth-order valence-electron chi connectivity index (χ4n) is 2.25. The Kier molecular flexibility index (Phi) is 3.65. The van der Waals surface area contributed by atoms with E-state index >= 15 is 0 Å². The molecule has 14 heavy (non-hydrogen) atoms. The van der Waals surface area contributed by atoms with E-state index in [1.807, 2.05) is 0 Å². The van der Waals surface area contributed by atoms with Gasteiger partial charge >= 0.3 is 0 Å². The lowest BCUT2D eigenvalue weighted by molar-refractivity contribution is -0.125. The van der Waals surface area contributed by atoms with Crippen LogP contribution in [0.15, 0.2) is 0 Å². The molecule has 0 amide bonds. The molecular weight excluding hydrogens is 175 g/mol. The van der Waals surface area contributed by atoms with Gasteiger partial charge in [-0.25, -0.2) is 0 Å². The maximum absolute atomic E-state index is 5.59. The Balaban J connectivity index is 2.55. The molecule has 0 bridgehead atoms. The lowest BCUT2D eigenvalue weighted by Gasteiger charge is -2.37. The Morgan fingerprint density at radius 1 is 1.21 bits per heavy atom. The normalized spacial score (nSPS) is 23.7. The van der Waals surface area contributed by atoms with Crippen LogP contribution >= 0.6 is 0 Å². The first-order chi connectivity index (χ1) is 6.37. The Morgan fingerprint density at radius 2 is 1.71 bits per heavy atom. The maximum Gasteiger partial charge on any atom is 0.162 e. The van der Waals surface area contributed by atoms with Crippen molar-refractivity contribution in [2.75, 3.05) is 13.2 Å². The second kappa shape index (κ2) is 4.24. The lowest BCUT2D eigenvalue weighted by atomic mass is 9.60. The van der Waals surface area contributed by atoms with E-state index in [9.17, 15) is 0 Å². The summed E-state index contributed by atoms with van der Waals surface area (Å²) in [5.74, 6) is 0. The van der Waals surface area contributed by atoms with E-state index in [1.54, 1.807) is 0 Å². The molecule has 0 N–H and O–H groups in total. The predicted octanol–water partition coefficient (Wildman–Crippen LogP) is 2.00. The monoisotopic (exact) mass is 198 g/mol. The summed E-state index contributed by atoms with van der Waals surface area (Å²) < 4.78 is 11.2. The molecule has 1 unspecified atom stereocenters. The van der Waals surface area contributed by atoms with Gasteiger partial charge in [0, 0.05) is 5.41 Å². The number of hydrogen-bond acceptors (Lipinski definition) is 2. The molecule has 0 radical (unpaired) electrons. The highest BCUT2D eigenvalue weighted by Gasteiger charge is 2.37. The van der Waals surface area contributed by atoms with E-state index < -0.39 is 0 Å². The summed E-state index contributed by atoms with van der Waals surface area (Å²) in [6, 6.07) is 0. The summed E-state index contributed by atoms with van der Waals surface area (Å²) in [6.45, 7) is 10.5. The zero-order valence-electron chi connectivity index (χ0n) is 10.2. The van der Waals surface area contributed by atoms with Gasteiger partial charge in [-0.3, -0.25) is 0 Å². The van der Waals surface area contributed by atoms with Crippen LogP contribution in [-0.2, 0) is 9.47 Å². The van der Waals surface area contributed by atoms with Crippen LogP contribution in [0, 0.1) is 5.41 Å². The van der Waals surface area contributed by atoms with Crippen LogP contribution < -0.4 is 0 Å². The van der Waals surface area contributed by atoms with Gasteiger partial charge in [-0.2, -0.15) is 0 Å². The standard InChI is InChI=1S/C11H23BO2/c1-5-11(4,12)8-10(2,3)9-13-6-7-14-9/h9H,5-8,12H2,1-4H3. The Labute approximate surface area is 88.8 Å². The quantitative estimate of drug-likeness (QED) is 0.643. The molecule has 1 heterocycles. The van der Waals surface area contributed by atoms with E-state index in [-0.39, 0.29) is 11.7 Å². The Bertz CT molecular complexity index is 184. The van der Waals surface area contributed by atoms with Crippen molar-refractivity contribution in [3.8, 4) is 0 Å². The van der Waals surface area contributed by atoms with Crippen molar-refractivity contribution in [2.45, 2.75) is 52.1 Å². The van der Waals surface area contributed by atoms with Gasteiger partial charge in [0.15, 0.2) is 6.29 Å². The lowest BCUT2D eigenvalue weighted by Crippen LogP contribution is -2.33. The molecule has 1 saturated heterocycles. The molecule has 1 atom stereocenters. The summed E-state index contributed by atoms with van der Waals surface area (Å²) in [6.07, 6.45) is 2.33. The summed E-state index contributed by atoms with van der Waals surface area (Å²) in [4.78, 5) is 0. The third-order valence-electron chi connectivity index (χ3n) is 3.15. The van der Waals surface area contributed by atoms with E-state index in [1.165, 1.54) is 6.42 Å². The zero-order valence-corrected chi connectivity index (χ0v) is 10.2. The van der Waals surface area contributed by atoms with Crippen LogP contribution in [0.3, 0.4) is 0 Å². The average molecular weight is 198 g/mol. The van der Waals surface area contributed by atoms with Crippen molar-refractivity contribution >= 4 is 7.85 Å². The molecular formula is C11H23BO2. The molecule has 0 aromatic carbocycles. The van der Waals surface area contributed by atoms with Crippen LogP contribution in [0.25, 0.3) is 0 Å². The smallest absolute Gasteiger partial charge is 0.162 e. The highest BCUT2D eigenvalue weighted by atomic mass is 16.7. The van der Waals surface area contributed by atoms with Crippen molar-refractivity contribution in [3.05, 3.63) is 0 Å². The van der Waals surface area contributed by atoms with Gasteiger partial charge in [0.1, 0.15) is 7.85 Å². The first-order valence-corrected chi connectivity index (χ1v) is 5.61. The van der Waals surface area contributed by atoms with Crippen LogP contribution in [0.5, 0.6) is 0 Å². The van der Waals surface area contributed by atoms with E-state index in [0.29, 0.717) is 5.31 Å². The molecule has 2 nitrogen and oxygen atoms in total. The highest BCUT2D eigenvalue weighted by Crippen LogP contribution is 2.43. The van der Waals surface area contributed by atoms with Crippen molar-refractivity contribution in [1.82, 2.24) is 0 Å². The van der Waals surface area contributed by atoms with Gasteiger partial charge in [0.2, 0.25) is 0 Å². The Hall–Kier alpha value is -0.0151. The molecule has 0 aromatic heterocycles. The second-order valence-electron chi connectivity index (χ2n) is 5.76. The van der Waals surface area contributed by atoms with Crippen molar-refractivity contribution in [3.63, 3.8) is 0 Å². The summed E-state index contributed by atoms with van der Waals surface area (Å²) in [5, 5.41) is 0.374. The van der Waals surface area contributed by atoms with Gasteiger partial charge in [-0.15, -0.1) is 0 Å². The first-order valence-electron chi connectivity index (χ1n) is 5.61. The minimum Gasteiger partial charge on any atom is -0.350 e. The summed E-state index contributed by atoms with van der Waals surface area (Å²) >= 11 is 0. The summed E-state index contributed by atoms with van der Waals surface area (Å²) in [5.41, 5.74) is 0.121. The summed E-state index contributed by atoms with van der Waals surface area (Å²) in [7, 11) is 2.31. The van der Waals surface area contributed by atoms with Gasteiger partial charge in [0.25, 0.3) is 0 Å². The molecule has 0 saturated carbocycles. The van der Waals surface area contributed by atoms with Crippen LogP contribution in [-0.4, -0.2) is 27.4 Å². The van der Waals surface area contributed by atoms with Crippen molar-refractivity contribution in [1.29, 1.82) is 0 Å². The molecule has 0 spiro atoms. The average Bonchev–Trinajstić information content (AvgIpc) is 2.54. The topological polar surface area (TPSA) is 18.5 Å². The molecule has 1 fully saturated rings. The van der Waals surface area contributed by atoms with Crippen molar-refractivity contribution in [2.24, 2.45) is 5.41 Å². The number of hydrogen-bond donors (Lipinski definition) is 0. The van der Waals surface area contributed by atoms with Crippen LogP contribution in [0.1, 0.15) is 40.5 Å². The van der Waals surface area contributed by atoms with E-state index in [2.05, 4.69) is 35.5 Å². The third-order valence-corrected chi connectivity index (χ3v) is 3.15. The van der Waals surface area contributed by atoms with Crippen LogP contribution in [0.2, 0.25) is 5.31 Å². The van der Waals surface area contributed by atoms with Crippen molar-refractivity contribution < 1.29 is 9.47 Å². The van der Waals surface area contributed by atoms with Gasteiger partial charge < -0.3 is 9.47 Å². The predicted molar refractivity (Wildman–Crippen MR) is 61.3 cm³/mol. The minimum absolute atomic E-state index is 0.00618. The number of rotatable bonds is 4. The second-order valence-corrected chi connectivity index (χ2v) is 5.76. The van der Waals surface area contributed by atoms with E-state index in [4.69, 9.17) is 9.47 Å². The maximum atomic E-state index is 5.59. The highest BCUT2D eigenvalue weighted by molar-refractivity contribution is 6.14. The van der Waals surface area contributed by atoms with E-state index in [0.717, 1.165) is 19.6 Å². The minimum atomic E-state index is -0.00618. The zero-order chi connectivity index (χ0) is 10.8. The molecule has 82 valence electrons. The SMILES string of the molecule is BC(C)(CC)CC(C)(C)C1OCCO1. The largest absolute Gasteiger partial charge is 0.350 e. The molecule has 1 aliphatic rings. The molecule has 1 aliphatic heterocycles. The van der Waals surface area contributed by atoms with Gasteiger partial charge in [-0.05, 0) is 6.42 Å². The molecule has 0 aliphatic carbocycles. The molecule has 1 rings (SSSR count). The van der Waals surface area contributed by atoms with Gasteiger partial charge in [0.05, 0.1) is 13.2 Å². The fraction of sp³-hybridized carbons (Fsp3) is 1.00. The third kappa shape index (κ3) is 2.99. The first kappa shape index (κ1) is 12.1. The molecule has 0 aromatic rings.